The molecule has 0 bridgehead atoms. The minimum Gasteiger partial charge on any atom is -0.872 e. The monoisotopic (exact) mass is 482 g/mol. The molecular formula is C28H36K2O2. The summed E-state index contributed by atoms with van der Waals surface area (Å²) < 4.78 is 0. The van der Waals surface area contributed by atoms with Gasteiger partial charge in [0.2, 0.25) is 0 Å². The standard InChI is InChI=1S/C28H38O2.2K/c1-27(2,3)21-15-17-11-7-9-13-19(17)23(25(21)29)24-20-14-10-8-12-18(20)16-22(26(24)30)28(4,5)6;;/h15-16,29-30H,7-14H2,1-6H3;;/q;2*+1/p-2. The fourth-order valence-electron chi connectivity index (χ4n) is 5.41. The molecule has 0 radical (unpaired) electrons. The summed E-state index contributed by atoms with van der Waals surface area (Å²) in [7, 11) is 0. The van der Waals surface area contributed by atoms with Gasteiger partial charge in [-0.1, -0.05) is 65.2 Å². The van der Waals surface area contributed by atoms with Gasteiger partial charge < -0.3 is 10.2 Å². The van der Waals surface area contributed by atoms with Crippen molar-refractivity contribution < 1.29 is 113 Å². The molecule has 0 heterocycles. The van der Waals surface area contributed by atoms with Crippen LogP contribution >= 0.6 is 0 Å². The van der Waals surface area contributed by atoms with E-state index in [9.17, 15) is 10.2 Å². The van der Waals surface area contributed by atoms with E-state index in [2.05, 4.69) is 53.7 Å². The van der Waals surface area contributed by atoms with Crippen LogP contribution in [0.15, 0.2) is 12.1 Å². The Labute approximate surface area is 280 Å². The number of benzene rings is 2. The molecule has 2 nitrogen and oxygen atoms in total. The molecule has 0 atom stereocenters. The van der Waals surface area contributed by atoms with Gasteiger partial charge in [-0.25, -0.2) is 0 Å². The van der Waals surface area contributed by atoms with Crippen LogP contribution in [0.4, 0.5) is 0 Å². The SMILES string of the molecule is CC(C)(C)c1cc2c(c(-c3c([O-])c(C(C)(C)C)cc4c3CCCC4)c1[O-])CCCC2.[K+].[K+]. The Balaban J connectivity index is 0.00000181. The molecule has 0 fully saturated rings. The zero-order valence-electron chi connectivity index (χ0n) is 21.6. The van der Waals surface area contributed by atoms with Crippen LogP contribution in [0, 0.1) is 0 Å². The van der Waals surface area contributed by atoms with Crippen molar-refractivity contribution in [1.82, 2.24) is 0 Å². The molecule has 0 saturated heterocycles. The van der Waals surface area contributed by atoms with Crippen molar-refractivity contribution in [3.63, 3.8) is 0 Å². The average Bonchev–Trinajstić information content (AvgIpc) is 2.66. The topological polar surface area (TPSA) is 46.1 Å². The van der Waals surface area contributed by atoms with Crippen molar-refractivity contribution in [2.75, 3.05) is 0 Å². The van der Waals surface area contributed by atoms with Gasteiger partial charge in [-0.05, 0) is 107 Å². The van der Waals surface area contributed by atoms with E-state index < -0.39 is 0 Å². The molecule has 0 spiro atoms. The minimum atomic E-state index is -0.233. The summed E-state index contributed by atoms with van der Waals surface area (Å²) >= 11 is 0. The number of hydrogen-bond acceptors (Lipinski definition) is 2. The van der Waals surface area contributed by atoms with Crippen LogP contribution < -0.4 is 113 Å². The summed E-state index contributed by atoms with van der Waals surface area (Å²) in [5.41, 5.74) is 7.69. The molecule has 2 aliphatic rings. The Bertz CT molecular complexity index is 913. The predicted octanol–water partition coefficient (Wildman–Crippen LogP) is -0.139. The van der Waals surface area contributed by atoms with Crippen LogP contribution in [0.25, 0.3) is 11.1 Å². The first kappa shape index (κ1) is 29.5. The van der Waals surface area contributed by atoms with Gasteiger partial charge in [0.1, 0.15) is 0 Å². The third-order valence-electron chi connectivity index (χ3n) is 7.07. The molecule has 2 aromatic carbocycles. The molecule has 4 rings (SSSR count). The van der Waals surface area contributed by atoms with Crippen molar-refractivity contribution >= 4 is 0 Å². The fourth-order valence-corrected chi connectivity index (χ4v) is 5.41. The Morgan fingerprint density at radius 2 is 0.875 bits per heavy atom. The first-order valence-corrected chi connectivity index (χ1v) is 11.7. The molecule has 4 heteroatoms. The normalized spacial score (nSPS) is 15.8. The quantitative estimate of drug-likeness (QED) is 0.532. The van der Waals surface area contributed by atoms with Crippen molar-refractivity contribution in [3.05, 3.63) is 45.5 Å². The number of fused-ring (bicyclic) bond motifs is 2. The van der Waals surface area contributed by atoms with E-state index >= 15 is 0 Å². The summed E-state index contributed by atoms with van der Waals surface area (Å²) in [6, 6.07) is 4.32. The molecule has 0 aliphatic heterocycles. The average molecular weight is 483 g/mol. The molecule has 2 aliphatic carbocycles. The van der Waals surface area contributed by atoms with Gasteiger partial charge in [0.15, 0.2) is 0 Å². The maximum Gasteiger partial charge on any atom is 1.00 e. The largest absolute Gasteiger partial charge is 1.00 e. The smallest absolute Gasteiger partial charge is 0.872 e. The minimum absolute atomic E-state index is 0. The van der Waals surface area contributed by atoms with Crippen molar-refractivity contribution in [1.29, 1.82) is 0 Å². The van der Waals surface area contributed by atoms with Crippen molar-refractivity contribution in [2.24, 2.45) is 0 Å². The molecule has 0 saturated carbocycles. The molecule has 32 heavy (non-hydrogen) atoms. The van der Waals surface area contributed by atoms with Crippen molar-refractivity contribution in [2.45, 2.75) is 104 Å². The first-order valence-electron chi connectivity index (χ1n) is 11.7. The van der Waals surface area contributed by atoms with E-state index in [1.54, 1.807) is 0 Å². The molecule has 162 valence electrons. The van der Waals surface area contributed by atoms with Gasteiger partial charge >= 0.3 is 103 Å². The second-order valence-electron chi connectivity index (χ2n) is 11.4. The summed E-state index contributed by atoms with van der Waals surface area (Å²) in [6.45, 7) is 12.7. The maximum atomic E-state index is 13.9. The van der Waals surface area contributed by atoms with E-state index in [1.165, 1.54) is 24.0 Å². The van der Waals surface area contributed by atoms with E-state index in [0.29, 0.717) is 0 Å². The summed E-state index contributed by atoms with van der Waals surface area (Å²) in [4.78, 5) is 0. The van der Waals surface area contributed by atoms with Gasteiger partial charge in [0.05, 0.1) is 0 Å². The molecule has 0 unspecified atom stereocenters. The van der Waals surface area contributed by atoms with E-state index in [-0.39, 0.29) is 125 Å². The summed E-state index contributed by atoms with van der Waals surface area (Å²) in [6.07, 6.45) is 8.39. The third-order valence-corrected chi connectivity index (χ3v) is 7.07. The molecular weight excluding hydrogens is 447 g/mol. The van der Waals surface area contributed by atoms with Crippen LogP contribution in [0.5, 0.6) is 11.5 Å². The van der Waals surface area contributed by atoms with Crippen LogP contribution in [-0.2, 0) is 36.5 Å². The molecule has 0 amide bonds. The number of aryl methyl sites for hydroxylation is 2. The zero-order chi connectivity index (χ0) is 21.8. The van der Waals surface area contributed by atoms with E-state index in [1.807, 2.05) is 0 Å². The summed E-state index contributed by atoms with van der Waals surface area (Å²) in [5, 5.41) is 27.9. The maximum absolute atomic E-state index is 13.9. The second kappa shape index (κ2) is 11.1. The van der Waals surface area contributed by atoms with Gasteiger partial charge in [-0.3, -0.25) is 0 Å². The van der Waals surface area contributed by atoms with Crippen molar-refractivity contribution in [3.8, 4) is 22.6 Å². The van der Waals surface area contributed by atoms with Gasteiger partial charge in [0.25, 0.3) is 0 Å². The number of rotatable bonds is 1. The molecule has 0 aromatic heterocycles. The van der Waals surface area contributed by atoms with Crippen LogP contribution in [-0.4, -0.2) is 0 Å². The van der Waals surface area contributed by atoms with Gasteiger partial charge in [-0.15, -0.1) is 0 Å². The fraction of sp³-hybridized carbons (Fsp3) is 0.571. The second-order valence-corrected chi connectivity index (χ2v) is 11.4. The van der Waals surface area contributed by atoms with Gasteiger partial charge in [-0.2, -0.15) is 0 Å². The molecule has 0 N–H and O–H groups in total. The predicted molar refractivity (Wildman–Crippen MR) is 121 cm³/mol. The van der Waals surface area contributed by atoms with E-state index in [4.69, 9.17) is 0 Å². The van der Waals surface area contributed by atoms with Crippen LogP contribution in [0.2, 0.25) is 0 Å². The third kappa shape index (κ3) is 5.66. The summed E-state index contributed by atoms with van der Waals surface area (Å²) in [5.74, 6) is 0.193. The van der Waals surface area contributed by atoms with Crippen LogP contribution in [0.3, 0.4) is 0 Å². The zero-order valence-corrected chi connectivity index (χ0v) is 27.9. The van der Waals surface area contributed by atoms with Crippen LogP contribution in [0.1, 0.15) is 101 Å². The van der Waals surface area contributed by atoms with E-state index in [0.717, 1.165) is 71.9 Å². The first-order chi connectivity index (χ1) is 14.0. The Hall–Kier alpha value is 1.31. The Morgan fingerprint density at radius 3 is 1.19 bits per heavy atom. The Kier molecular flexibility index (Phi) is 10.3. The Morgan fingerprint density at radius 1 is 0.562 bits per heavy atom. The molecule has 2 aromatic rings. The number of hydrogen-bond donors (Lipinski definition) is 0. The van der Waals surface area contributed by atoms with Gasteiger partial charge in [0, 0.05) is 0 Å².